The molecule has 0 fully saturated rings. The van der Waals surface area contributed by atoms with E-state index in [-0.39, 0.29) is 12.0 Å². The first-order chi connectivity index (χ1) is 5.58. The molecule has 0 aromatic heterocycles. The van der Waals surface area contributed by atoms with Crippen molar-refractivity contribution in [3.8, 4) is 12.3 Å². The summed E-state index contributed by atoms with van der Waals surface area (Å²) in [4.78, 5) is 0. The van der Waals surface area contributed by atoms with Gasteiger partial charge in [-0.3, -0.25) is 0 Å². The van der Waals surface area contributed by atoms with E-state index >= 15 is 0 Å². The predicted molar refractivity (Wildman–Crippen MR) is 52.6 cm³/mol. The highest BCUT2D eigenvalue weighted by atomic mass is 16.3. The molecule has 0 heterocycles. The van der Waals surface area contributed by atoms with E-state index in [0.29, 0.717) is 5.92 Å². The zero-order valence-corrected chi connectivity index (χ0v) is 8.01. The highest BCUT2D eigenvalue weighted by molar-refractivity contribution is 4.98. The van der Waals surface area contributed by atoms with Crippen LogP contribution < -0.4 is 0 Å². The number of allylic oxidation sites excluding steroid dienone is 1. The minimum Gasteiger partial charge on any atom is -0.396 e. The largest absolute Gasteiger partial charge is 0.396 e. The average Bonchev–Trinajstić information content (AvgIpc) is 1.99. The third kappa shape index (κ3) is 3.11. The molecule has 0 rings (SSSR count). The van der Waals surface area contributed by atoms with Crippen molar-refractivity contribution in [1.29, 1.82) is 0 Å². The molecule has 0 saturated heterocycles. The maximum Gasteiger partial charge on any atom is 0.0436 e. The third-order valence-corrected chi connectivity index (χ3v) is 2.29. The summed E-state index contributed by atoms with van der Waals surface area (Å²) in [5, 5.41) is 8.80. The van der Waals surface area contributed by atoms with Gasteiger partial charge in [0.1, 0.15) is 0 Å². The zero-order chi connectivity index (χ0) is 9.61. The number of aliphatic hydroxyl groups excluding tert-OH is 1. The first kappa shape index (κ1) is 11.3. The summed E-state index contributed by atoms with van der Waals surface area (Å²) in [6, 6.07) is 0. The fourth-order valence-corrected chi connectivity index (χ4v) is 1.36. The van der Waals surface area contributed by atoms with Crippen molar-refractivity contribution < 1.29 is 5.11 Å². The summed E-state index contributed by atoms with van der Waals surface area (Å²) >= 11 is 0. The van der Waals surface area contributed by atoms with Crippen molar-refractivity contribution in [2.75, 3.05) is 6.61 Å². The Balaban J connectivity index is 4.26. The Morgan fingerprint density at radius 2 is 2.25 bits per heavy atom. The Morgan fingerprint density at radius 1 is 1.67 bits per heavy atom. The van der Waals surface area contributed by atoms with Gasteiger partial charge in [0.2, 0.25) is 0 Å². The van der Waals surface area contributed by atoms with Crippen LogP contribution in [0.2, 0.25) is 0 Å². The molecule has 0 aliphatic heterocycles. The summed E-state index contributed by atoms with van der Waals surface area (Å²) in [5.74, 6) is 2.96. The summed E-state index contributed by atoms with van der Waals surface area (Å²) in [6.07, 6.45) is 8.61. The van der Waals surface area contributed by atoms with Crippen LogP contribution in [-0.2, 0) is 0 Å². The second-order valence-electron chi connectivity index (χ2n) is 3.72. The minimum absolute atomic E-state index is 0.0548. The molecule has 1 atom stereocenters. The van der Waals surface area contributed by atoms with Gasteiger partial charge in [-0.1, -0.05) is 19.9 Å². The van der Waals surface area contributed by atoms with E-state index < -0.39 is 0 Å². The Bertz CT molecular complexity index is 174. The van der Waals surface area contributed by atoms with Crippen LogP contribution in [0.5, 0.6) is 0 Å². The van der Waals surface area contributed by atoms with Crippen LogP contribution >= 0.6 is 0 Å². The van der Waals surface area contributed by atoms with Gasteiger partial charge in [-0.2, -0.15) is 0 Å². The Hall–Kier alpha value is -0.740. The molecule has 0 aromatic rings. The second-order valence-corrected chi connectivity index (χ2v) is 3.72. The maximum atomic E-state index is 8.80. The van der Waals surface area contributed by atoms with E-state index in [9.17, 15) is 0 Å². The molecule has 0 aliphatic carbocycles. The molecule has 12 heavy (non-hydrogen) atoms. The van der Waals surface area contributed by atoms with Gasteiger partial charge >= 0.3 is 0 Å². The van der Waals surface area contributed by atoms with E-state index in [1.807, 2.05) is 6.08 Å². The molecular formula is C11H18O. The molecule has 0 radical (unpaired) electrons. The smallest absolute Gasteiger partial charge is 0.0436 e. The SMILES string of the molecule is C#CCC(C)(C)C(C=C)CCO. The van der Waals surface area contributed by atoms with Crippen LogP contribution in [0.25, 0.3) is 0 Å². The van der Waals surface area contributed by atoms with Gasteiger partial charge in [-0.25, -0.2) is 0 Å². The molecule has 1 heteroatoms. The molecule has 0 aliphatic rings. The third-order valence-electron chi connectivity index (χ3n) is 2.29. The van der Waals surface area contributed by atoms with E-state index in [4.69, 9.17) is 11.5 Å². The molecule has 1 unspecified atom stereocenters. The van der Waals surface area contributed by atoms with Gasteiger partial charge in [0.15, 0.2) is 0 Å². The molecule has 0 saturated carbocycles. The lowest BCUT2D eigenvalue weighted by atomic mass is 9.75. The lowest BCUT2D eigenvalue weighted by Crippen LogP contribution is -2.22. The van der Waals surface area contributed by atoms with Gasteiger partial charge in [0, 0.05) is 13.0 Å². The predicted octanol–water partition coefficient (Wildman–Crippen LogP) is 2.22. The van der Waals surface area contributed by atoms with E-state index in [1.54, 1.807) is 0 Å². The van der Waals surface area contributed by atoms with Crippen LogP contribution in [0.15, 0.2) is 12.7 Å². The maximum absolute atomic E-state index is 8.80. The van der Waals surface area contributed by atoms with Crippen LogP contribution in [-0.4, -0.2) is 11.7 Å². The zero-order valence-electron chi connectivity index (χ0n) is 8.01. The molecule has 0 spiro atoms. The number of hydrogen-bond acceptors (Lipinski definition) is 1. The highest BCUT2D eigenvalue weighted by Gasteiger charge is 2.25. The average molecular weight is 166 g/mol. The van der Waals surface area contributed by atoms with Crippen molar-refractivity contribution in [2.45, 2.75) is 26.7 Å². The summed E-state index contributed by atoms with van der Waals surface area (Å²) in [6.45, 7) is 8.16. The Labute approximate surface area is 75.5 Å². The molecule has 0 aromatic carbocycles. The minimum atomic E-state index is 0.0548. The van der Waals surface area contributed by atoms with Gasteiger partial charge in [-0.15, -0.1) is 18.9 Å². The van der Waals surface area contributed by atoms with Gasteiger partial charge in [-0.05, 0) is 17.8 Å². The number of rotatable bonds is 5. The monoisotopic (exact) mass is 166 g/mol. The topological polar surface area (TPSA) is 20.2 Å². The van der Waals surface area contributed by atoms with E-state index in [1.165, 1.54) is 0 Å². The Kier molecular flexibility index (Phi) is 4.70. The lowest BCUT2D eigenvalue weighted by Gasteiger charge is -2.30. The van der Waals surface area contributed by atoms with Crippen molar-refractivity contribution in [3.63, 3.8) is 0 Å². The van der Waals surface area contributed by atoms with E-state index in [0.717, 1.165) is 12.8 Å². The van der Waals surface area contributed by atoms with Crippen LogP contribution in [0, 0.1) is 23.7 Å². The van der Waals surface area contributed by atoms with Crippen LogP contribution in [0.3, 0.4) is 0 Å². The van der Waals surface area contributed by atoms with Gasteiger partial charge in [0.25, 0.3) is 0 Å². The molecule has 0 amide bonds. The number of hydrogen-bond donors (Lipinski definition) is 1. The molecule has 1 N–H and O–H groups in total. The van der Waals surface area contributed by atoms with Crippen molar-refractivity contribution >= 4 is 0 Å². The van der Waals surface area contributed by atoms with Gasteiger partial charge < -0.3 is 5.11 Å². The molecule has 68 valence electrons. The first-order valence-electron chi connectivity index (χ1n) is 4.25. The van der Waals surface area contributed by atoms with Crippen LogP contribution in [0.1, 0.15) is 26.7 Å². The standard InChI is InChI=1S/C11H18O/c1-5-8-11(3,4)10(6-2)7-9-12/h1,6,10,12H,2,7-9H2,3-4H3. The molecule has 0 bridgehead atoms. The molecular weight excluding hydrogens is 148 g/mol. The number of aliphatic hydroxyl groups is 1. The Morgan fingerprint density at radius 3 is 2.58 bits per heavy atom. The summed E-state index contributed by atoms with van der Waals surface area (Å²) < 4.78 is 0. The highest BCUT2D eigenvalue weighted by Crippen LogP contribution is 2.33. The van der Waals surface area contributed by atoms with Crippen molar-refractivity contribution in [3.05, 3.63) is 12.7 Å². The second kappa shape index (κ2) is 5.00. The van der Waals surface area contributed by atoms with E-state index in [2.05, 4.69) is 26.3 Å². The van der Waals surface area contributed by atoms with Crippen molar-refractivity contribution in [2.24, 2.45) is 11.3 Å². The summed E-state index contributed by atoms with van der Waals surface area (Å²) in [5.41, 5.74) is 0.0548. The fraction of sp³-hybridized carbons (Fsp3) is 0.636. The first-order valence-corrected chi connectivity index (χ1v) is 4.25. The lowest BCUT2D eigenvalue weighted by molar-refractivity contribution is 0.196. The van der Waals surface area contributed by atoms with Gasteiger partial charge in [0.05, 0.1) is 0 Å². The molecule has 1 nitrogen and oxygen atoms in total. The van der Waals surface area contributed by atoms with Crippen molar-refractivity contribution in [1.82, 2.24) is 0 Å². The van der Waals surface area contributed by atoms with Crippen LogP contribution in [0.4, 0.5) is 0 Å². The number of terminal acetylenes is 1. The quantitative estimate of drug-likeness (QED) is 0.490. The fourth-order valence-electron chi connectivity index (χ4n) is 1.36. The summed E-state index contributed by atoms with van der Waals surface area (Å²) in [7, 11) is 0. The normalized spacial score (nSPS) is 13.5.